The molecule has 29 heavy (non-hydrogen) atoms. The number of halogens is 1. The Kier molecular flexibility index (Phi) is 6.05. The summed E-state index contributed by atoms with van der Waals surface area (Å²) in [5, 5.41) is 12.0. The number of pyridine rings is 1. The molecule has 1 aromatic heterocycles. The monoisotopic (exact) mass is 405 g/mol. The van der Waals surface area contributed by atoms with Crippen LogP contribution in [-0.4, -0.2) is 48.0 Å². The summed E-state index contributed by atoms with van der Waals surface area (Å²) in [7, 11) is 0. The normalized spacial score (nSPS) is 16.2. The number of hydrogen-bond donors (Lipinski definition) is 2. The third-order valence-electron chi connectivity index (χ3n) is 5.16. The highest BCUT2D eigenvalue weighted by molar-refractivity contribution is 5.93. The van der Waals surface area contributed by atoms with Crippen molar-refractivity contribution in [2.24, 2.45) is 5.92 Å². The van der Waals surface area contributed by atoms with Crippen LogP contribution in [0.25, 0.3) is 10.9 Å². The van der Waals surface area contributed by atoms with Gasteiger partial charge in [0.2, 0.25) is 5.43 Å². The quantitative estimate of drug-likeness (QED) is 0.766. The number of carbonyl (C=O) groups is 2. The summed E-state index contributed by atoms with van der Waals surface area (Å²) in [6.07, 6.45) is 1.61. The van der Waals surface area contributed by atoms with Crippen molar-refractivity contribution in [1.29, 1.82) is 0 Å². The molecular weight excluding hydrogens is 381 g/mol. The average Bonchev–Trinajstić information content (AvgIpc) is 3.15. The molecule has 3 rings (SSSR count). The van der Waals surface area contributed by atoms with Crippen LogP contribution in [0.4, 0.5) is 14.9 Å². The Hall–Kier alpha value is -3.10. The topological polar surface area (TPSA) is 101 Å². The van der Waals surface area contributed by atoms with Crippen LogP contribution in [0.1, 0.15) is 30.6 Å². The van der Waals surface area contributed by atoms with Crippen LogP contribution >= 0.6 is 0 Å². The van der Waals surface area contributed by atoms with Gasteiger partial charge in [-0.2, -0.15) is 0 Å². The van der Waals surface area contributed by atoms with E-state index in [1.165, 1.54) is 6.20 Å². The second-order valence-electron chi connectivity index (χ2n) is 6.99. The molecule has 1 fully saturated rings. The summed E-state index contributed by atoms with van der Waals surface area (Å²) >= 11 is 0. The Morgan fingerprint density at radius 1 is 1.34 bits per heavy atom. The molecule has 1 aliphatic rings. The maximum absolute atomic E-state index is 14.8. The van der Waals surface area contributed by atoms with Gasteiger partial charge in [0, 0.05) is 37.8 Å². The lowest BCUT2D eigenvalue weighted by molar-refractivity contribution is 0.0694. The second-order valence-corrected chi connectivity index (χ2v) is 6.99. The number of nitrogens with zero attached hydrogens (tertiary/aromatic N) is 2. The molecule has 8 nitrogen and oxygen atoms in total. The van der Waals surface area contributed by atoms with E-state index in [4.69, 9.17) is 4.74 Å². The lowest BCUT2D eigenvalue weighted by Gasteiger charge is -2.21. The van der Waals surface area contributed by atoms with Crippen LogP contribution in [0.2, 0.25) is 0 Å². The molecule has 0 spiro atoms. The van der Waals surface area contributed by atoms with E-state index in [0.717, 1.165) is 12.5 Å². The summed E-state index contributed by atoms with van der Waals surface area (Å²) in [5.41, 5.74) is -0.217. The predicted octanol–water partition coefficient (Wildman–Crippen LogP) is 2.43. The Morgan fingerprint density at radius 2 is 2.10 bits per heavy atom. The van der Waals surface area contributed by atoms with Crippen molar-refractivity contribution in [3.8, 4) is 0 Å². The number of ether oxygens (including phenoxy) is 1. The van der Waals surface area contributed by atoms with Gasteiger partial charge in [-0.3, -0.25) is 4.79 Å². The first kappa shape index (κ1) is 20.6. The highest BCUT2D eigenvalue weighted by atomic mass is 19.1. The van der Waals surface area contributed by atoms with Crippen LogP contribution in [0.5, 0.6) is 0 Å². The number of amides is 1. The summed E-state index contributed by atoms with van der Waals surface area (Å²) in [6.45, 7) is 5.90. The fourth-order valence-electron chi connectivity index (χ4n) is 3.68. The average molecular weight is 405 g/mol. The van der Waals surface area contributed by atoms with E-state index in [0.29, 0.717) is 44.0 Å². The number of carboxylic acids is 1. The van der Waals surface area contributed by atoms with E-state index in [1.54, 1.807) is 17.6 Å². The number of anilines is 1. The summed E-state index contributed by atoms with van der Waals surface area (Å²) in [4.78, 5) is 37.1. The summed E-state index contributed by atoms with van der Waals surface area (Å²) in [6, 6.07) is 2.72. The summed E-state index contributed by atoms with van der Waals surface area (Å²) in [5.74, 6) is -1.75. The van der Waals surface area contributed by atoms with Gasteiger partial charge in [0.25, 0.3) is 0 Å². The molecule has 2 N–H and O–H groups in total. The highest BCUT2D eigenvalue weighted by Gasteiger charge is 2.26. The van der Waals surface area contributed by atoms with Crippen molar-refractivity contribution in [2.75, 3.05) is 31.1 Å². The van der Waals surface area contributed by atoms with Crippen LogP contribution in [0.3, 0.4) is 0 Å². The van der Waals surface area contributed by atoms with Crippen LogP contribution in [0, 0.1) is 11.7 Å². The lowest BCUT2D eigenvalue weighted by Crippen LogP contribution is -2.31. The number of aromatic carboxylic acids is 1. The smallest absolute Gasteiger partial charge is 0.407 e. The fraction of sp³-hybridized carbons (Fsp3) is 0.450. The van der Waals surface area contributed by atoms with Crippen molar-refractivity contribution < 1.29 is 23.8 Å². The Morgan fingerprint density at radius 3 is 2.76 bits per heavy atom. The minimum atomic E-state index is -1.33. The van der Waals surface area contributed by atoms with E-state index in [9.17, 15) is 23.9 Å². The van der Waals surface area contributed by atoms with Crippen molar-refractivity contribution in [1.82, 2.24) is 9.88 Å². The predicted molar refractivity (Wildman–Crippen MR) is 106 cm³/mol. The number of aryl methyl sites for hydroxylation is 1. The third kappa shape index (κ3) is 4.18. The summed E-state index contributed by atoms with van der Waals surface area (Å²) < 4.78 is 21.3. The zero-order chi connectivity index (χ0) is 21.1. The first-order chi connectivity index (χ1) is 13.8. The maximum atomic E-state index is 14.8. The molecule has 2 heterocycles. The van der Waals surface area contributed by atoms with E-state index in [1.807, 2.05) is 11.8 Å². The maximum Gasteiger partial charge on any atom is 0.407 e. The minimum Gasteiger partial charge on any atom is -0.477 e. The molecule has 156 valence electrons. The molecule has 2 aromatic rings. The number of fused-ring (bicyclic) bond motifs is 1. The van der Waals surface area contributed by atoms with Crippen molar-refractivity contribution in [3.05, 3.63) is 39.9 Å². The minimum absolute atomic E-state index is 0.0488. The Bertz CT molecular complexity index is 1000. The Balaban J connectivity index is 1.88. The zero-order valence-corrected chi connectivity index (χ0v) is 16.4. The van der Waals surface area contributed by atoms with Gasteiger partial charge in [-0.1, -0.05) is 0 Å². The van der Waals surface area contributed by atoms with Crippen molar-refractivity contribution >= 4 is 28.7 Å². The molecule has 0 bridgehead atoms. The number of carboxylic acid groups (broad SMARTS) is 1. The molecule has 0 saturated carbocycles. The van der Waals surface area contributed by atoms with Crippen LogP contribution in [0.15, 0.2) is 23.1 Å². The standard InChI is InChI=1S/C20H24FN3O5/c1-3-23-11-14(19(26)27)18(25)13-7-15(21)17(8-16(13)23)24-6-5-12(10-24)9-22-20(28)29-4-2/h7-8,11-12H,3-6,9-10H2,1-2H3,(H,22,28)(H,26,27). The van der Waals surface area contributed by atoms with E-state index >= 15 is 0 Å². The van der Waals surface area contributed by atoms with Gasteiger partial charge in [0.05, 0.1) is 17.8 Å². The molecule has 9 heteroatoms. The second kappa shape index (κ2) is 8.50. The van der Waals surface area contributed by atoms with Gasteiger partial charge in [-0.15, -0.1) is 0 Å². The molecule has 1 saturated heterocycles. The SMILES string of the molecule is CCOC(=O)NCC1CCN(c2cc3c(cc2F)c(=O)c(C(=O)O)cn3CC)C1. The first-order valence-electron chi connectivity index (χ1n) is 9.61. The number of nitrogens with one attached hydrogen (secondary N) is 1. The molecule has 1 atom stereocenters. The number of hydrogen-bond acceptors (Lipinski definition) is 5. The molecule has 1 aliphatic heterocycles. The highest BCUT2D eigenvalue weighted by Crippen LogP contribution is 2.29. The fourth-order valence-corrected chi connectivity index (χ4v) is 3.68. The molecule has 1 aromatic carbocycles. The third-order valence-corrected chi connectivity index (χ3v) is 5.16. The number of carbonyl (C=O) groups excluding carboxylic acids is 1. The number of alkyl carbamates (subject to hydrolysis) is 1. The van der Waals surface area contributed by atoms with Crippen LogP contribution < -0.4 is 15.6 Å². The van der Waals surface area contributed by atoms with Crippen molar-refractivity contribution in [2.45, 2.75) is 26.8 Å². The lowest BCUT2D eigenvalue weighted by atomic mass is 10.1. The molecular formula is C20H24FN3O5. The van der Waals surface area contributed by atoms with Gasteiger partial charge < -0.3 is 24.6 Å². The zero-order valence-electron chi connectivity index (χ0n) is 16.4. The van der Waals surface area contributed by atoms with E-state index in [-0.39, 0.29) is 16.9 Å². The molecule has 0 radical (unpaired) electrons. The number of aromatic nitrogens is 1. The van der Waals surface area contributed by atoms with Gasteiger partial charge >= 0.3 is 12.1 Å². The van der Waals surface area contributed by atoms with Gasteiger partial charge in [-0.05, 0) is 38.3 Å². The number of rotatable bonds is 6. The first-order valence-corrected chi connectivity index (χ1v) is 9.61. The van der Waals surface area contributed by atoms with Crippen LogP contribution in [-0.2, 0) is 11.3 Å². The van der Waals surface area contributed by atoms with E-state index in [2.05, 4.69) is 5.32 Å². The number of benzene rings is 1. The molecule has 1 unspecified atom stereocenters. The Labute approximate surface area is 166 Å². The largest absolute Gasteiger partial charge is 0.477 e. The van der Waals surface area contributed by atoms with Gasteiger partial charge in [-0.25, -0.2) is 14.0 Å². The van der Waals surface area contributed by atoms with Gasteiger partial charge in [0.1, 0.15) is 11.4 Å². The van der Waals surface area contributed by atoms with Gasteiger partial charge in [0.15, 0.2) is 0 Å². The van der Waals surface area contributed by atoms with Crippen molar-refractivity contribution in [3.63, 3.8) is 0 Å². The molecule has 1 amide bonds. The molecule has 0 aliphatic carbocycles. The van der Waals surface area contributed by atoms with E-state index < -0.39 is 23.3 Å².